The van der Waals surface area contributed by atoms with Gasteiger partial charge >= 0.3 is 0 Å². The number of nitrogens with zero attached hydrogens (tertiary/aromatic N) is 2. The topological polar surface area (TPSA) is 83.7 Å². The molecule has 0 spiro atoms. The van der Waals surface area contributed by atoms with Gasteiger partial charge in [-0.3, -0.25) is 4.79 Å². The standard InChI is InChI=1S/C12H16FN3O3S2/c1-15(2)10(17)7-16(3)21(18,19)9-6-4-5-8(13)11(9)12(14)20/h4-6H,7H2,1-3H3,(H2,14,20). The third-order valence-corrected chi connectivity index (χ3v) is 4.82. The first-order chi connectivity index (χ1) is 9.59. The van der Waals surface area contributed by atoms with Crippen LogP contribution in [0.15, 0.2) is 23.1 Å². The zero-order valence-corrected chi connectivity index (χ0v) is 13.5. The molecule has 0 aliphatic heterocycles. The van der Waals surface area contributed by atoms with E-state index in [1.54, 1.807) is 0 Å². The maximum atomic E-state index is 13.8. The summed E-state index contributed by atoms with van der Waals surface area (Å²) < 4.78 is 39.5. The predicted molar refractivity (Wildman–Crippen MR) is 80.8 cm³/mol. The summed E-state index contributed by atoms with van der Waals surface area (Å²) in [6.45, 7) is -0.372. The monoisotopic (exact) mass is 333 g/mol. The van der Waals surface area contributed by atoms with Crippen LogP contribution in [0.1, 0.15) is 5.56 Å². The lowest BCUT2D eigenvalue weighted by Gasteiger charge is -2.20. The molecule has 9 heteroatoms. The summed E-state index contributed by atoms with van der Waals surface area (Å²) in [5, 5.41) is 0. The number of benzene rings is 1. The molecule has 0 aliphatic carbocycles. The fourth-order valence-electron chi connectivity index (χ4n) is 1.54. The Balaban J connectivity index is 3.29. The Hall–Kier alpha value is -1.58. The van der Waals surface area contributed by atoms with E-state index in [9.17, 15) is 17.6 Å². The Morgan fingerprint density at radius 2 is 1.90 bits per heavy atom. The Bertz CT molecular complexity index is 674. The number of carbonyl (C=O) groups is 1. The third-order valence-electron chi connectivity index (χ3n) is 2.77. The maximum absolute atomic E-state index is 13.8. The maximum Gasteiger partial charge on any atom is 0.244 e. The van der Waals surface area contributed by atoms with Gasteiger partial charge in [0.15, 0.2) is 0 Å². The summed E-state index contributed by atoms with van der Waals surface area (Å²) in [6.07, 6.45) is 0. The molecule has 1 rings (SSSR count). The predicted octanol–water partition coefficient (Wildman–Crippen LogP) is 0.169. The summed E-state index contributed by atoms with van der Waals surface area (Å²) in [4.78, 5) is 12.1. The van der Waals surface area contributed by atoms with E-state index >= 15 is 0 Å². The van der Waals surface area contributed by atoms with Crippen LogP contribution in [0.5, 0.6) is 0 Å². The van der Waals surface area contributed by atoms with Crippen molar-refractivity contribution in [1.82, 2.24) is 9.21 Å². The molecule has 1 aromatic carbocycles. The second-order valence-corrected chi connectivity index (χ2v) is 6.98. The van der Waals surface area contributed by atoms with E-state index in [0.717, 1.165) is 10.4 Å². The van der Waals surface area contributed by atoms with Gasteiger partial charge in [0.25, 0.3) is 0 Å². The van der Waals surface area contributed by atoms with Gasteiger partial charge in [0.2, 0.25) is 15.9 Å². The molecular weight excluding hydrogens is 317 g/mol. The van der Waals surface area contributed by atoms with Crippen molar-refractivity contribution in [2.45, 2.75) is 4.90 Å². The van der Waals surface area contributed by atoms with Crippen molar-refractivity contribution in [1.29, 1.82) is 0 Å². The molecule has 116 valence electrons. The molecule has 0 radical (unpaired) electrons. The largest absolute Gasteiger partial charge is 0.389 e. The molecule has 0 unspecified atom stereocenters. The van der Waals surface area contributed by atoms with Crippen LogP contribution in [0.3, 0.4) is 0 Å². The molecule has 0 aromatic heterocycles. The Morgan fingerprint density at radius 1 is 1.33 bits per heavy atom. The van der Waals surface area contributed by atoms with Gasteiger partial charge in [-0.2, -0.15) is 4.31 Å². The molecule has 0 fully saturated rings. The number of sulfonamides is 1. The lowest BCUT2D eigenvalue weighted by Crippen LogP contribution is -2.38. The Kier molecular flexibility index (Phi) is 5.37. The van der Waals surface area contributed by atoms with E-state index in [1.807, 2.05) is 0 Å². The van der Waals surface area contributed by atoms with Gasteiger partial charge in [-0.25, -0.2) is 12.8 Å². The molecule has 0 saturated heterocycles. The van der Waals surface area contributed by atoms with Gasteiger partial charge in [-0.1, -0.05) is 18.3 Å². The molecule has 1 aromatic rings. The number of amides is 1. The van der Waals surface area contributed by atoms with Crippen LogP contribution < -0.4 is 5.73 Å². The van der Waals surface area contributed by atoms with Crippen LogP contribution in [0, 0.1) is 5.82 Å². The second-order valence-electron chi connectivity index (χ2n) is 4.53. The van der Waals surface area contributed by atoms with Crippen molar-refractivity contribution in [2.75, 3.05) is 27.7 Å². The molecule has 6 nitrogen and oxygen atoms in total. The molecule has 0 aliphatic rings. The van der Waals surface area contributed by atoms with Crippen LogP contribution in [-0.2, 0) is 14.8 Å². The number of rotatable bonds is 5. The second kappa shape index (κ2) is 6.46. The number of hydrogen-bond acceptors (Lipinski definition) is 4. The van der Waals surface area contributed by atoms with E-state index in [-0.39, 0.29) is 22.0 Å². The highest BCUT2D eigenvalue weighted by Gasteiger charge is 2.28. The highest BCUT2D eigenvalue weighted by Crippen LogP contribution is 2.22. The average Bonchev–Trinajstić information content (AvgIpc) is 2.37. The minimum atomic E-state index is -4.09. The summed E-state index contributed by atoms with van der Waals surface area (Å²) >= 11 is 4.70. The van der Waals surface area contributed by atoms with Crippen molar-refractivity contribution in [3.63, 3.8) is 0 Å². The molecule has 0 saturated carbocycles. The van der Waals surface area contributed by atoms with Gasteiger partial charge in [-0.05, 0) is 12.1 Å². The number of nitrogens with two attached hydrogens (primary N) is 1. The summed E-state index contributed by atoms with van der Waals surface area (Å²) in [7, 11) is 0.151. The number of carbonyl (C=O) groups excluding carboxylic acids is 1. The van der Waals surface area contributed by atoms with Crippen LogP contribution >= 0.6 is 12.2 Å². The number of halogens is 1. The highest BCUT2D eigenvalue weighted by atomic mass is 32.2. The number of thiocarbonyl (C=S) groups is 1. The Labute approximate surface area is 128 Å². The first kappa shape index (κ1) is 17.5. The molecule has 21 heavy (non-hydrogen) atoms. The van der Waals surface area contributed by atoms with Gasteiger partial charge in [-0.15, -0.1) is 0 Å². The van der Waals surface area contributed by atoms with Gasteiger partial charge in [0.1, 0.15) is 10.8 Å². The average molecular weight is 333 g/mol. The van der Waals surface area contributed by atoms with Gasteiger partial charge in [0.05, 0.1) is 17.0 Å². The highest BCUT2D eigenvalue weighted by molar-refractivity contribution is 7.89. The molecule has 0 atom stereocenters. The van der Waals surface area contributed by atoms with Crippen molar-refractivity contribution < 1.29 is 17.6 Å². The first-order valence-corrected chi connectivity index (χ1v) is 7.68. The zero-order valence-electron chi connectivity index (χ0n) is 11.8. The summed E-state index contributed by atoms with van der Waals surface area (Å²) in [6, 6.07) is 3.51. The molecule has 2 N–H and O–H groups in total. The summed E-state index contributed by atoms with van der Waals surface area (Å²) in [5.41, 5.74) is 5.04. The van der Waals surface area contributed by atoms with Crippen molar-refractivity contribution in [3.05, 3.63) is 29.6 Å². The van der Waals surface area contributed by atoms with Gasteiger partial charge < -0.3 is 10.6 Å². The van der Waals surface area contributed by atoms with Crippen LogP contribution in [0.25, 0.3) is 0 Å². The van der Waals surface area contributed by atoms with Crippen LogP contribution in [0.4, 0.5) is 4.39 Å². The lowest BCUT2D eigenvalue weighted by atomic mass is 10.2. The fourth-order valence-corrected chi connectivity index (χ4v) is 3.15. The smallest absolute Gasteiger partial charge is 0.244 e. The van der Waals surface area contributed by atoms with Crippen LogP contribution in [-0.4, -0.2) is 56.2 Å². The summed E-state index contributed by atoms with van der Waals surface area (Å²) in [5.74, 6) is -1.23. The van der Waals surface area contributed by atoms with Gasteiger partial charge in [0, 0.05) is 21.1 Å². The molecular formula is C12H16FN3O3S2. The van der Waals surface area contributed by atoms with Crippen molar-refractivity contribution in [2.24, 2.45) is 5.73 Å². The van der Waals surface area contributed by atoms with Crippen molar-refractivity contribution in [3.8, 4) is 0 Å². The first-order valence-electron chi connectivity index (χ1n) is 5.83. The number of hydrogen-bond donors (Lipinski definition) is 1. The Morgan fingerprint density at radius 3 is 2.38 bits per heavy atom. The minimum absolute atomic E-state index is 0.350. The SMILES string of the molecule is CN(C)C(=O)CN(C)S(=O)(=O)c1cccc(F)c1C(N)=S. The lowest BCUT2D eigenvalue weighted by molar-refractivity contribution is -0.128. The van der Waals surface area contributed by atoms with Crippen LogP contribution in [0.2, 0.25) is 0 Å². The van der Waals surface area contributed by atoms with E-state index in [4.69, 9.17) is 18.0 Å². The number of likely N-dealkylation sites (N-methyl/N-ethyl adjacent to an activating group) is 2. The molecule has 0 heterocycles. The van der Waals surface area contributed by atoms with E-state index in [1.165, 1.54) is 38.2 Å². The van der Waals surface area contributed by atoms with Crippen molar-refractivity contribution >= 4 is 33.1 Å². The quantitative estimate of drug-likeness (QED) is 0.777. The van der Waals surface area contributed by atoms with E-state index in [2.05, 4.69) is 0 Å². The third kappa shape index (κ3) is 3.74. The van der Waals surface area contributed by atoms with E-state index < -0.39 is 21.7 Å². The minimum Gasteiger partial charge on any atom is -0.389 e. The molecule has 1 amide bonds. The normalized spacial score (nSPS) is 11.5. The molecule has 0 bridgehead atoms. The fraction of sp³-hybridized carbons (Fsp3) is 0.333. The van der Waals surface area contributed by atoms with E-state index in [0.29, 0.717) is 0 Å². The zero-order chi connectivity index (χ0) is 16.4.